The van der Waals surface area contributed by atoms with Gasteiger partial charge in [0.15, 0.2) is 0 Å². The summed E-state index contributed by atoms with van der Waals surface area (Å²) < 4.78 is 0. The molecule has 0 aromatic carbocycles. The molecule has 1 heterocycles. The molecule has 1 aliphatic rings. The molecule has 1 aliphatic heterocycles. The number of rotatable bonds is 28. The van der Waals surface area contributed by atoms with Crippen LogP contribution in [0, 0.1) is 17.8 Å². The summed E-state index contributed by atoms with van der Waals surface area (Å²) in [5.41, 5.74) is 11.1. The van der Waals surface area contributed by atoms with Gasteiger partial charge in [-0.1, -0.05) is 89.3 Å². The van der Waals surface area contributed by atoms with Crippen LogP contribution < -0.4 is 70.0 Å². The molecule has 0 spiro atoms. The minimum atomic E-state index is -1.96. The summed E-state index contributed by atoms with van der Waals surface area (Å²) in [6.45, 7) is 13.1. The Morgan fingerprint density at radius 1 is 0.634 bits per heavy atom. The number of nitrogens with two attached hydrogens (primary N) is 2. The predicted molar refractivity (Wildman–Crippen MR) is 300 cm³/mol. The van der Waals surface area contributed by atoms with Gasteiger partial charge in [0.25, 0.3) is 0 Å². The van der Waals surface area contributed by atoms with Crippen LogP contribution in [0.3, 0.4) is 0 Å². The summed E-state index contributed by atoms with van der Waals surface area (Å²) in [5.74, 6) is -19.2. The van der Waals surface area contributed by atoms with Crippen molar-refractivity contribution >= 4 is 104 Å². The number of carboxylic acid groups (broad SMARTS) is 3. The van der Waals surface area contributed by atoms with Crippen LogP contribution in [0.15, 0.2) is 0 Å². The van der Waals surface area contributed by atoms with E-state index in [1.807, 2.05) is 6.92 Å². The maximum atomic E-state index is 14.5. The van der Waals surface area contributed by atoms with Gasteiger partial charge in [0.2, 0.25) is 65.0 Å². The summed E-state index contributed by atoms with van der Waals surface area (Å²) in [6.07, 6.45) is 0.260. The first-order valence-electron chi connectivity index (χ1n) is 27.1. The van der Waals surface area contributed by atoms with Crippen LogP contribution >= 0.6 is 21.6 Å². The highest BCUT2D eigenvalue weighted by Gasteiger charge is 2.38. The molecule has 18 N–H and O–H groups in total. The second kappa shape index (κ2) is 38.1. The largest absolute Gasteiger partial charge is 0.481 e. The van der Waals surface area contributed by atoms with Gasteiger partial charge in [-0.2, -0.15) is 0 Å². The number of hydrogen-bond acceptors (Lipinski definition) is 18. The first-order valence-corrected chi connectivity index (χ1v) is 29.6. The molecule has 12 atom stereocenters. The Kier molecular flexibility index (Phi) is 34.0. The van der Waals surface area contributed by atoms with Gasteiger partial charge in [0, 0.05) is 11.5 Å². The van der Waals surface area contributed by atoms with E-state index >= 15 is 0 Å². The second-order valence-electron chi connectivity index (χ2n) is 20.3. The smallest absolute Gasteiger partial charge is 0.326 e. The molecule has 0 aromatic rings. The summed E-state index contributed by atoms with van der Waals surface area (Å²) in [5, 5.41) is 56.7. The maximum Gasteiger partial charge on any atom is 0.326 e. The zero-order chi connectivity index (χ0) is 62.4. The average molecular weight is 1200 g/mol. The fraction of sp³-hybridized carbons (Fsp3) is 0.720. The lowest BCUT2D eigenvalue weighted by Crippen LogP contribution is -2.61. The van der Waals surface area contributed by atoms with Crippen LogP contribution in [-0.2, 0) is 67.1 Å². The van der Waals surface area contributed by atoms with Crippen molar-refractivity contribution in [2.24, 2.45) is 29.2 Å². The number of hydrogen-bond donors (Lipinski definition) is 16. The molecule has 2 unspecified atom stereocenters. The van der Waals surface area contributed by atoms with Crippen molar-refractivity contribution < 1.29 is 82.4 Å². The molecule has 0 aliphatic carbocycles. The van der Waals surface area contributed by atoms with E-state index in [-0.39, 0.29) is 19.3 Å². The highest BCUT2D eigenvalue weighted by atomic mass is 33.1. The van der Waals surface area contributed by atoms with E-state index in [1.54, 1.807) is 20.8 Å². The number of amides is 11. The quantitative estimate of drug-likeness (QED) is 0.0266. The normalized spacial score (nSPS) is 22.3. The number of nitrogens with one attached hydrogen (secondary N) is 11. The van der Waals surface area contributed by atoms with E-state index in [4.69, 9.17) is 11.5 Å². The Bertz CT molecular complexity index is 2250. The van der Waals surface area contributed by atoms with E-state index in [2.05, 4.69) is 58.5 Å². The number of carbonyl (C=O) groups excluding carboxylic acids is 11. The van der Waals surface area contributed by atoms with Crippen LogP contribution in [0.1, 0.15) is 120 Å². The molecule has 0 radical (unpaired) electrons. The summed E-state index contributed by atoms with van der Waals surface area (Å²) in [7, 11) is 1.62. The van der Waals surface area contributed by atoms with Gasteiger partial charge in [-0.15, -0.1) is 0 Å². The first-order chi connectivity index (χ1) is 38.5. The molecule has 32 heteroatoms. The Labute approximate surface area is 484 Å². The van der Waals surface area contributed by atoms with E-state index in [1.165, 1.54) is 27.7 Å². The predicted octanol–water partition coefficient (Wildman–Crippen LogP) is -3.57. The SMILES string of the molecule is CCCCNCCCCC1NC(=O)C(NC(=O)[C@@H](NC(=O)[C@H](CC(=O)O)NC(=O)[C@H](C)N)C(C)C)CSSC[C@@H](C(=O)N[C@H](C(=O)O)[C@@H](C)CC)NC(=O)[C@H](CC(=O)O)NC(=O)[C@H]([C@@H](C)CC)NC(=O)[C@H](CC(N)=O)NC(=O)CNC1=O. The molecule has 11 amide bonds. The second-order valence-corrected chi connectivity index (χ2v) is 22.8. The van der Waals surface area contributed by atoms with Crippen molar-refractivity contribution in [3.05, 3.63) is 0 Å². The van der Waals surface area contributed by atoms with Gasteiger partial charge < -0.3 is 85.3 Å². The van der Waals surface area contributed by atoms with Gasteiger partial charge in [0.1, 0.15) is 54.4 Å². The van der Waals surface area contributed by atoms with Crippen LogP contribution in [0.25, 0.3) is 0 Å². The average Bonchev–Trinajstić information content (AvgIpc) is 3.39. The lowest BCUT2D eigenvalue weighted by Gasteiger charge is -2.29. The summed E-state index contributed by atoms with van der Waals surface area (Å²) >= 11 is 0. The van der Waals surface area contributed by atoms with Gasteiger partial charge in [-0.05, 0) is 63.5 Å². The van der Waals surface area contributed by atoms with Crippen LogP contribution in [0.5, 0.6) is 0 Å². The number of carboxylic acids is 3. The highest BCUT2D eigenvalue weighted by Crippen LogP contribution is 2.24. The lowest BCUT2D eigenvalue weighted by molar-refractivity contribution is -0.144. The standard InChI is InChI=1S/C50H85N13O17S2/c1-9-12-16-53-17-14-13-15-28-42(71)54-21-35(65)55-29(18-34(52)64)44(73)62-39(25(6)10-2)49(78)58-30(19-36(66)67)43(72)59-33(47(76)63-40(50(79)80)26(7)11-3)23-82-81-22-32(46(75)56-28)60-48(77)38(24(4)5)61-45(74)31(20-37(68)69)57-41(70)27(8)51/h24-33,38-40,53H,9-23,51H2,1-8H3,(H2,52,64)(H,54,71)(H,55,65)(H,56,75)(H,57,70)(H,58,78)(H,59,72)(H,60,77)(H,61,74)(H,62,73)(H,63,76)(H,66,67)(H,68,69)(H,79,80)/t25-,26-,27-,28?,29-,30-,31-,32?,33-,38-,39-,40-/m0/s1. The van der Waals surface area contributed by atoms with Crippen molar-refractivity contribution in [3.8, 4) is 0 Å². The Morgan fingerprint density at radius 3 is 1.80 bits per heavy atom. The van der Waals surface area contributed by atoms with Crippen LogP contribution in [0.4, 0.5) is 0 Å². The molecular formula is C50H85N13O17S2. The highest BCUT2D eigenvalue weighted by molar-refractivity contribution is 8.76. The van der Waals surface area contributed by atoms with Crippen molar-refractivity contribution in [1.82, 2.24) is 58.5 Å². The minimum Gasteiger partial charge on any atom is -0.481 e. The molecule has 0 aromatic heterocycles. The monoisotopic (exact) mass is 1200 g/mol. The Hall–Kier alpha value is -6.80. The topological polar surface area (TPSA) is 484 Å². The zero-order valence-corrected chi connectivity index (χ0v) is 49.3. The molecule has 82 heavy (non-hydrogen) atoms. The summed E-state index contributed by atoms with van der Waals surface area (Å²) in [6, 6.07) is -15.9. The molecule has 1 fully saturated rings. The molecular weight excluding hydrogens is 1120 g/mol. The van der Waals surface area contributed by atoms with Crippen molar-refractivity contribution in [1.29, 1.82) is 0 Å². The van der Waals surface area contributed by atoms with E-state index in [0.717, 1.165) is 34.4 Å². The Morgan fingerprint density at radius 2 is 1.24 bits per heavy atom. The van der Waals surface area contributed by atoms with E-state index < -0.39 is 198 Å². The zero-order valence-electron chi connectivity index (χ0n) is 47.6. The van der Waals surface area contributed by atoms with Gasteiger partial charge in [-0.25, -0.2) is 4.79 Å². The van der Waals surface area contributed by atoms with Crippen molar-refractivity contribution in [2.45, 2.75) is 180 Å². The van der Waals surface area contributed by atoms with Gasteiger partial charge in [-0.3, -0.25) is 62.3 Å². The van der Waals surface area contributed by atoms with Crippen molar-refractivity contribution in [3.63, 3.8) is 0 Å². The third-order valence-electron chi connectivity index (χ3n) is 13.0. The molecule has 0 saturated carbocycles. The third kappa shape index (κ3) is 27.3. The number of unbranched alkanes of at least 4 members (excludes halogenated alkanes) is 2. The third-order valence-corrected chi connectivity index (χ3v) is 15.4. The van der Waals surface area contributed by atoms with E-state index in [9.17, 15) is 82.4 Å². The van der Waals surface area contributed by atoms with E-state index in [0.29, 0.717) is 25.9 Å². The molecule has 1 saturated heterocycles. The molecule has 1 rings (SSSR count). The molecule has 30 nitrogen and oxygen atoms in total. The fourth-order valence-corrected chi connectivity index (χ4v) is 9.99. The number of carbonyl (C=O) groups is 14. The Balaban J connectivity index is 4.11. The number of aliphatic carboxylic acids is 3. The van der Waals surface area contributed by atoms with Gasteiger partial charge >= 0.3 is 17.9 Å². The lowest BCUT2D eigenvalue weighted by atomic mass is 9.97. The maximum absolute atomic E-state index is 14.5. The van der Waals surface area contributed by atoms with Crippen LogP contribution in [0.2, 0.25) is 0 Å². The van der Waals surface area contributed by atoms with Gasteiger partial charge in [0.05, 0.1) is 31.8 Å². The van der Waals surface area contributed by atoms with Crippen LogP contribution in [-0.4, -0.2) is 190 Å². The molecule has 464 valence electrons. The summed E-state index contributed by atoms with van der Waals surface area (Å²) in [4.78, 5) is 187. The molecule has 0 bridgehead atoms. The first kappa shape index (κ1) is 73.2. The van der Waals surface area contributed by atoms with Crippen molar-refractivity contribution in [2.75, 3.05) is 31.1 Å². The number of primary amides is 1. The fourth-order valence-electron chi connectivity index (χ4n) is 7.66. The minimum absolute atomic E-state index is 0.0426.